The molecule has 5 nitrogen and oxygen atoms in total. The Morgan fingerprint density at radius 2 is 1.85 bits per heavy atom. The molecule has 5 heteroatoms. The normalized spacial score (nSPS) is 10.8. The first-order valence-corrected chi connectivity index (χ1v) is 6.08. The Bertz CT molecular complexity index is 775. The van der Waals surface area contributed by atoms with E-state index in [-0.39, 0.29) is 6.61 Å². The van der Waals surface area contributed by atoms with Gasteiger partial charge in [0.15, 0.2) is 0 Å². The van der Waals surface area contributed by atoms with Crippen molar-refractivity contribution >= 4 is 16.9 Å². The molecule has 3 rings (SSSR count). The van der Waals surface area contributed by atoms with E-state index in [4.69, 9.17) is 10.2 Å². The summed E-state index contributed by atoms with van der Waals surface area (Å²) in [5.41, 5.74) is 2.50. The summed E-state index contributed by atoms with van der Waals surface area (Å²) in [5.74, 6) is 0. The third-order valence-electron chi connectivity index (χ3n) is 3.18. The zero-order valence-electron chi connectivity index (χ0n) is 10.5. The van der Waals surface area contributed by atoms with E-state index in [1.165, 1.54) is 0 Å². The van der Waals surface area contributed by atoms with Crippen molar-refractivity contribution in [3.63, 3.8) is 0 Å². The van der Waals surface area contributed by atoms with E-state index in [1.54, 1.807) is 24.7 Å². The zero-order chi connectivity index (χ0) is 14.1. The summed E-state index contributed by atoms with van der Waals surface area (Å²) in [5, 5.41) is 19.7. The van der Waals surface area contributed by atoms with Crippen LogP contribution in [0, 0.1) is 0 Å². The second kappa shape index (κ2) is 4.79. The van der Waals surface area contributed by atoms with Crippen molar-refractivity contribution in [3.8, 4) is 11.1 Å². The number of aliphatic hydroxyl groups excluding tert-OH is 1. The standard InChI is InChI=1S/C15H12N2O3/c18-9-14-4-3-11(6-16-14)10-1-2-12-7-17(15(19)20)8-13(12)5-10/h1-8,18H,9H2,(H,19,20). The number of fused-ring (bicyclic) bond motifs is 1. The quantitative estimate of drug-likeness (QED) is 0.749. The van der Waals surface area contributed by atoms with Gasteiger partial charge in [0.1, 0.15) is 0 Å². The van der Waals surface area contributed by atoms with Crippen molar-refractivity contribution in [2.75, 3.05) is 0 Å². The van der Waals surface area contributed by atoms with E-state index in [2.05, 4.69) is 4.98 Å². The van der Waals surface area contributed by atoms with Crippen LogP contribution in [0.5, 0.6) is 0 Å². The minimum Gasteiger partial charge on any atom is -0.464 e. The molecule has 0 unspecified atom stereocenters. The molecule has 0 saturated heterocycles. The molecule has 0 spiro atoms. The monoisotopic (exact) mass is 268 g/mol. The summed E-state index contributed by atoms with van der Waals surface area (Å²) in [6.07, 6.45) is 3.85. The molecule has 0 atom stereocenters. The molecule has 2 heterocycles. The van der Waals surface area contributed by atoms with E-state index in [9.17, 15) is 4.79 Å². The van der Waals surface area contributed by atoms with Crippen LogP contribution in [0.3, 0.4) is 0 Å². The van der Waals surface area contributed by atoms with Crippen molar-refractivity contribution in [3.05, 3.63) is 54.6 Å². The summed E-state index contributed by atoms with van der Waals surface area (Å²) < 4.78 is 1.14. The van der Waals surface area contributed by atoms with Crippen LogP contribution in [0.25, 0.3) is 21.9 Å². The summed E-state index contributed by atoms with van der Waals surface area (Å²) in [6, 6.07) is 9.37. The van der Waals surface area contributed by atoms with Crippen molar-refractivity contribution in [1.82, 2.24) is 9.55 Å². The molecule has 1 aromatic carbocycles. The Balaban J connectivity index is 2.04. The number of nitrogens with zero attached hydrogens (tertiary/aromatic N) is 2. The highest BCUT2D eigenvalue weighted by molar-refractivity contribution is 5.90. The van der Waals surface area contributed by atoms with Crippen LogP contribution in [0.2, 0.25) is 0 Å². The van der Waals surface area contributed by atoms with Gasteiger partial charge in [-0.2, -0.15) is 0 Å². The average Bonchev–Trinajstić information content (AvgIpc) is 2.90. The number of aliphatic hydroxyl groups is 1. The SMILES string of the molecule is O=C(O)n1cc2ccc(-c3ccc(CO)nc3)cc2c1. The minimum absolute atomic E-state index is 0.0826. The summed E-state index contributed by atoms with van der Waals surface area (Å²) >= 11 is 0. The van der Waals surface area contributed by atoms with Crippen LogP contribution < -0.4 is 0 Å². The van der Waals surface area contributed by atoms with Gasteiger partial charge in [-0.15, -0.1) is 0 Å². The molecule has 0 saturated carbocycles. The number of benzene rings is 1. The van der Waals surface area contributed by atoms with Gasteiger partial charge in [0, 0.05) is 34.9 Å². The van der Waals surface area contributed by atoms with Crippen LogP contribution in [-0.4, -0.2) is 25.9 Å². The third-order valence-corrected chi connectivity index (χ3v) is 3.18. The molecular formula is C15H12N2O3. The highest BCUT2D eigenvalue weighted by atomic mass is 16.4. The first-order chi connectivity index (χ1) is 9.67. The van der Waals surface area contributed by atoms with E-state index < -0.39 is 6.09 Å². The number of hydrogen-bond acceptors (Lipinski definition) is 3. The number of rotatable bonds is 2. The Hall–Kier alpha value is -2.66. The van der Waals surface area contributed by atoms with Gasteiger partial charge >= 0.3 is 6.09 Å². The topological polar surface area (TPSA) is 75.3 Å². The van der Waals surface area contributed by atoms with Crippen LogP contribution >= 0.6 is 0 Å². The number of carbonyl (C=O) groups is 1. The molecule has 100 valence electrons. The highest BCUT2D eigenvalue weighted by Gasteiger charge is 2.06. The van der Waals surface area contributed by atoms with Gasteiger partial charge in [-0.3, -0.25) is 9.55 Å². The van der Waals surface area contributed by atoms with Crippen LogP contribution in [0.4, 0.5) is 4.79 Å². The second-order valence-corrected chi connectivity index (χ2v) is 4.49. The fourth-order valence-corrected chi connectivity index (χ4v) is 2.12. The maximum Gasteiger partial charge on any atom is 0.415 e. The van der Waals surface area contributed by atoms with E-state index in [1.807, 2.05) is 24.3 Å². The van der Waals surface area contributed by atoms with Crippen molar-refractivity contribution in [2.45, 2.75) is 6.61 Å². The van der Waals surface area contributed by atoms with E-state index in [0.717, 1.165) is 26.5 Å². The van der Waals surface area contributed by atoms with Crippen LogP contribution in [0.1, 0.15) is 5.69 Å². The molecule has 0 aliphatic heterocycles. The maximum absolute atomic E-state index is 10.9. The van der Waals surface area contributed by atoms with Crippen LogP contribution in [-0.2, 0) is 6.61 Å². The lowest BCUT2D eigenvalue weighted by molar-refractivity contribution is 0.196. The highest BCUT2D eigenvalue weighted by Crippen LogP contribution is 2.24. The number of aromatic nitrogens is 2. The molecule has 0 amide bonds. The molecule has 0 aliphatic rings. The summed E-state index contributed by atoms with van der Waals surface area (Å²) in [7, 11) is 0. The van der Waals surface area contributed by atoms with Crippen LogP contribution in [0.15, 0.2) is 48.9 Å². The Morgan fingerprint density at radius 3 is 2.50 bits per heavy atom. The molecule has 2 aromatic heterocycles. The predicted octanol–water partition coefficient (Wildman–Crippen LogP) is 2.72. The van der Waals surface area contributed by atoms with Gasteiger partial charge in [0.25, 0.3) is 0 Å². The first kappa shape index (κ1) is 12.4. The lowest BCUT2D eigenvalue weighted by Crippen LogP contribution is -2.03. The largest absolute Gasteiger partial charge is 0.464 e. The van der Waals surface area contributed by atoms with E-state index in [0.29, 0.717) is 5.69 Å². The smallest absolute Gasteiger partial charge is 0.415 e. The molecule has 0 radical (unpaired) electrons. The van der Waals surface area contributed by atoms with Gasteiger partial charge in [-0.1, -0.05) is 18.2 Å². The Morgan fingerprint density at radius 1 is 1.10 bits per heavy atom. The van der Waals surface area contributed by atoms with Crippen molar-refractivity contribution < 1.29 is 15.0 Å². The molecule has 20 heavy (non-hydrogen) atoms. The van der Waals surface area contributed by atoms with Gasteiger partial charge in [-0.05, 0) is 17.7 Å². The predicted molar refractivity (Wildman–Crippen MR) is 74.5 cm³/mol. The Kier molecular flexibility index (Phi) is 2.96. The Labute approximate surface area is 114 Å². The van der Waals surface area contributed by atoms with Gasteiger partial charge in [0.05, 0.1) is 12.3 Å². The average molecular weight is 268 g/mol. The van der Waals surface area contributed by atoms with Gasteiger partial charge in [0.2, 0.25) is 0 Å². The third kappa shape index (κ3) is 2.15. The number of pyridine rings is 1. The molecule has 2 N–H and O–H groups in total. The molecule has 3 aromatic rings. The maximum atomic E-state index is 10.9. The number of carboxylic acid groups (broad SMARTS) is 1. The second-order valence-electron chi connectivity index (χ2n) is 4.49. The molecule has 0 fully saturated rings. The van der Waals surface area contributed by atoms with Crippen molar-refractivity contribution in [1.29, 1.82) is 0 Å². The first-order valence-electron chi connectivity index (χ1n) is 6.08. The lowest BCUT2D eigenvalue weighted by Gasteiger charge is -2.02. The minimum atomic E-state index is -1.00. The molecular weight excluding hydrogens is 256 g/mol. The molecule has 0 aliphatic carbocycles. The molecule has 0 bridgehead atoms. The van der Waals surface area contributed by atoms with Gasteiger partial charge < -0.3 is 10.2 Å². The number of hydrogen-bond donors (Lipinski definition) is 2. The fraction of sp³-hybridized carbons (Fsp3) is 0.0667. The van der Waals surface area contributed by atoms with Crippen molar-refractivity contribution in [2.24, 2.45) is 0 Å². The van der Waals surface area contributed by atoms with Gasteiger partial charge in [-0.25, -0.2) is 4.79 Å². The zero-order valence-corrected chi connectivity index (χ0v) is 10.5. The summed E-state index contributed by atoms with van der Waals surface area (Å²) in [6.45, 7) is -0.0826. The lowest BCUT2D eigenvalue weighted by atomic mass is 10.0. The van der Waals surface area contributed by atoms with E-state index >= 15 is 0 Å². The fourth-order valence-electron chi connectivity index (χ4n) is 2.12. The summed E-state index contributed by atoms with van der Waals surface area (Å²) in [4.78, 5) is 15.1.